The molecule has 2 heterocycles. The van der Waals surface area contributed by atoms with E-state index < -0.39 is 0 Å². The fourth-order valence-electron chi connectivity index (χ4n) is 1.16. The summed E-state index contributed by atoms with van der Waals surface area (Å²) < 4.78 is 5.40. The second-order valence-corrected chi connectivity index (χ2v) is 4.91. The molecule has 0 saturated carbocycles. The van der Waals surface area contributed by atoms with Crippen molar-refractivity contribution in [2.75, 3.05) is 0 Å². The lowest BCUT2D eigenvalue weighted by molar-refractivity contribution is 0.300. The van der Waals surface area contributed by atoms with Crippen LogP contribution in [0.15, 0.2) is 16.8 Å². The van der Waals surface area contributed by atoms with Gasteiger partial charge in [0.15, 0.2) is 0 Å². The topological polar surface area (TPSA) is 51.0 Å². The summed E-state index contributed by atoms with van der Waals surface area (Å²) in [5.41, 5.74) is 1.67. The Hall–Kier alpha value is -0.910. The molecule has 2 rings (SSSR count). The predicted octanol–water partition coefficient (Wildman–Crippen LogP) is 2.38. The summed E-state index contributed by atoms with van der Waals surface area (Å²) in [4.78, 5) is 1.20. The molecule has 0 radical (unpaired) electrons. The summed E-state index contributed by atoms with van der Waals surface area (Å²) >= 11 is 7.39. The van der Waals surface area contributed by atoms with Crippen LogP contribution in [0, 0.1) is 6.92 Å². The summed E-state index contributed by atoms with van der Waals surface area (Å²) in [5.74, 6) is 0. The van der Waals surface area contributed by atoms with Crippen LogP contribution in [0.25, 0.3) is 0 Å². The van der Waals surface area contributed by atoms with E-state index in [0.29, 0.717) is 6.54 Å². The van der Waals surface area contributed by atoms with Gasteiger partial charge >= 0.3 is 0 Å². The van der Waals surface area contributed by atoms with Crippen LogP contribution in [0.3, 0.4) is 0 Å². The fraction of sp³-hybridized carbons (Fsp3) is 0.333. The van der Waals surface area contributed by atoms with E-state index in [1.54, 1.807) is 11.3 Å². The number of rotatable bonds is 4. The van der Waals surface area contributed by atoms with Crippen LogP contribution in [-0.2, 0) is 13.1 Å². The molecule has 0 aliphatic rings. The predicted molar refractivity (Wildman–Crippen MR) is 58.9 cm³/mol. The smallest absolute Gasteiger partial charge is 0.121 e. The van der Waals surface area contributed by atoms with Crippen molar-refractivity contribution in [1.82, 2.24) is 15.6 Å². The Labute approximate surface area is 96.2 Å². The first-order chi connectivity index (χ1) is 7.25. The average molecular weight is 244 g/mol. The Balaban J connectivity index is 1.83. The second kappa shape index (κ2) is 4.74. The van der Waals surface area contributed by atoms with Crippen molar-refractivity contribution >= 4 is 22.9 Å². The SMILES string of the molecule is Cc1nonc1CNCc1ccc(Cl)s1. The molecule has 0 saturated heterocycles. The maximum Gasteiger partial charge on any atom is 0.121 e. The minimum Gasteiger partial charge on any atom is -0.306 e. The molecule has 0 amide bonds. The molecule has 0 spiro atoms. The Morgan fingerprint density at radius 2 is 2.27 bits per heavy atom. The molecule has 1 N–H and O–H groups in total. The molecule has 0 fully saturated rings. The van der Waals surface area contributed by atoms with Crippen molar-refractivity contribution in [3.05, 3.63) is 32.7 Å². The summed E-state index contributed by atoms with van der Waals surface area (Å²) in [5, 5.41) is 10.7. The van der Waals surface area contributed by atoms with Crippen LogP contribution in [-0.4, -0.2) is 10.3 Å². The number of nitrogens with one attached hydrogen (secondary N) is 1. The monoisotopic (exact) mass is 243 g/mol. The van der Waals surface area contributed by atoms with Crippen molar-refractivity contribution in [2.45, 2.75) is 20.0 Å². The van der Waals surface area contributed by atoms with Gasteiger partial charge in [0.1, 0.15) is 11.4 Å². The minimum atomic E-state index is 0.658. The van der Waals surface area contributed by atoms with Crippen molar-refractivity contribution in [3.8, 4) is 0 Å². The second-order valence-electron chi connectivity index (χ2n) is 3.11. The van der Waals surface area contributed by atoms with Gasteiger partial charge in [-0.15, -0.1) is 11.3 Å². The van der Waals surface area contributed by atoms with Gasteiger partial charge in [-0.05, 0) is 19.1 Å². The number of halogens is 1. The fourth-order valence-corrected chi connectivity index (χ4v) is 2.22. The third-order valence-electron chi connectivity index (χ3n) is 1.97. The molecule has 6 heteroatoms. The molecule has 2 aromatic heterocycles. The highest BCUT2D eigenvalue weighted by molar-refractivity contribution is 7.16. The number of hydrogen-bond acceptors (Lipinski definition) is 5. The van der Waals surface area contributed by atoms with E-state index in [1.165, 1.54) is 4.88 Å². The summed E-state index contributed by atoms with van der Waals surface area (Å²) in [6.07, 6.45) is 0. The van der Waals surface area contributed by atoms with Crippen LogP contribution in [0.4, 0.5) is 0 Å². The molecule has 0 bridgehead atoms. The van der Waals surface area contributed by atoms with E-state index in [0.717, 1.165) is 22.3 Å². The quantitative estimate of drug-likeness (QED) is 0.896. The molecular formula is C9H10ClN3OS. The zero-order chi connectivity index (χ0) is 10.7. The molecular weight excluding hydrogens is 234 g/mol. The number of hydrogen-bond donors (Lipinski definition) is 1. The number of aromatic nitrogens is 2. The average Bonchev–Trinajstić information content (AvgIpc) is 2.77. The van der Waals surface area contributed by atoms with Crippen LogP contribution >= 0.6 is 22.9 Å². The Kier molecular flexibility index (Phi) is 3.35. The first-order valence-corrected chi connectivity index (χ1v) is 5.68. The molecule has 15 heavy (non-hydrogen) atoms. The molecule has 0 aliphatic heterocycles. The Bertz CT molecular complexity index is 440. The van der Waals surface area contributed by atoms with E-state index in [2.05, 4.69) is 20.3 Å². The van der Waals surface area contributed by atoms with Gasteiger partial charge in [0.2, 0.25) is 0 Å². The van der Waals surface area contributed by atoms with E-state index in [9.17, 15) is 0 Å². The largest absolute Gasteiger partial charge is 0.306 e. The summed E-state index contributed by atoms with van der Waals surface area (Å²) in [7, 11) is 0. The molecule has 4 nitrogen and oxygen atoms in total. The maximum atomic E-state index is 5.82. The number of nitrogens with zero attached hydrogens (tertiary/aromatic N) is 2. The van der Waals surface area contributed by atoms with Crippen LogP contribution in [0.5, 0.6) is 0 Å². The molecule has 80 valence electrons. The maximum absolute atomic E-state index is 5.82. The third-order valence-corrected chi connectivity index (χ3v) is 3.20. The van der Waals surface area contributed by atoms with Gasteiger partial charge < -0.3 is 5.32 Å². The molecule has 0 atom stereocenters. The van der Waals surface area contributed by atoms with Gasteiger partial charge in [0.05, 0.1) is 4.34 Å². The van der Waals surface area contributed by atoms with Crippen molar-refractivity contribution in [3.63, 3.8) is 0 Å². The zero-order valence-corrected chi connectivity index (χ0v) is 9.73. The lowest BCUT2D eigenvalue weighted by atomic mass is 10.3. The lowest BCUT2D eigenvalue weighted by Gasteiger charge is -1.99. The minimum absolute atomic E-state index is 0.658. The highest BCUT2D eigenvalue weighted by Gasteiger charge is 2.04. The number of aryl methyl sites for hydroxylation is 1. The Morgan fingerprint density at radius 1 is 1.40 bits per heavy atom. The van der Waals surface area contributed by atoms with Crippen LogP contribution in [0.1, 0.15) is 16.3 Å². The molecule has 2 aromatic rings. The highest BCUT2D eigenvalue weighted by atomic mass is 35.5. The Morgan fingerprint density at radius 3 is 2.87 bits per heavy atom. The van der Waals surface area contributed by atoms with E-state index in [-0.39, 0.29) is 0 Å². The van der Waals surface area contributed by atoms with Crippen molar-refractivity contribution in [1.29, 1.82) is 0 Å². The van der Waals surface area contributed by atoms with Gasteiger partial charge in [-0.2, -0.15) is 0 Å². The van der Waals surface area contributed by atoms with Gasteiger partial charge in [-0.25, -0.2) is 4.63 Å². The van der Waals surface area contributed by atoms with E-state index in [4.69, 9.17) is 11.6 Å². The molecule has 0 unspecified atom stereocenters. The van der Waals surface area contributed by atoms with Gasteiger partial charge in [0, 0.05) is 18.0 Å². The molecule has 0 aliphatic carbocycles. The summed E-state index contributed by atoms with van der Waals surface area (Å²) in [6.45, 7) is 3.31. The lowest BCUT2D eigenvalue weighted by Crippen LogP contribution is -2.12. The number of thiophene rings is 1. The normalized spacial score (nSPS) is 10.8. The standard InChI is InChI=1S/C9H10ClN3OS/c1-6-8(13-14-12-6)5-11-4-7-2-3-9(10)15-7/h2-3,11H,4-5H2,1H3. The van der Waals surface area contributed by atoms with E-state index >= 15 is 0 Å². The van der Waals surface area contributed by atoms with Crippen molar-refractivity contribution < 1.29 is 4.63 Å². The first kappa shape index (κ1) is 10.6. The highest BCUT2D eigenvalue weighted by Crippen LogP contribution is 2.21. The first-order valence-electron chi connectivity index (χ1n) is 4.48. The van der Waals surface area contributed by atoms with E-state index in [1.807, 2.05) is 19.1 Å². The van der Waals surface area contributed by atoms with Gasteiger partial charge in [0.25, 0.3) is 0 Å². The van der Waals surface area contributed by atoms with Crippen molar-refractivity contribution in [2.24, 2.45) is 0 Å². The van der Waals surface area contributed by atoms with Crippen LogP contribution in [0.2, 0.25) is 4.34 Å². The molecule has 0 aromatic carbocycles. The van der Waals surface area contributed by atoms with Crippen LogP contribution < -0.4 is 5.32 Å². The third kappa shape index (κ3) is 2.77. The summed E-state index contributed by atoms with van der Waals surface area (Å²) in [6, 6.07) is 3.90. The van der Waals surface area contributed by atoms with Gasteiger partial charge in [-0.3, -0.25) is 0 Å². The zero-order valence-electron chi connectivity index (χ0n) is 8.16. The van der Waals surface area contributed by atoms with Gasteiger partial charge in [-0.1, -0.05) is 21.9 Å².